The molecule has 4 nitrogen and oxygen atoms in total. The minimum atomic E-state index is -2.77. The Balaban J connectivity index is 3.31. The van der Waals surface area contributed by atoms with E-state index in [4.69, 9.17) is 16.7 Å². The summed E-state index contributed by atoms with van der Waals surface area (Å²) in [6, 6.07) is 1.73. The molecule has 0 aliphatic rings. The minimum Gasteiger partial charge on any atom is -0.397 e. The van der Waals surface area contributed by atoms with E-state index in [1.165, 1.54) is 6.20 Å². The van der Waals surface area contributed by atoms with Gasteiger partial charge in [-0.15, -0.1) is 0 Å². The number of pyridine rings is 1. The second-order valence-electron chi connectivity index (χ2n) is 2.62. The van der Waals surface area contributed by atoms with Gasteiger partial charge in [-0.25, -0.2) is 8.78 Å². The summed E-state index contributed by atoms with van der Waals surface area (Å²) in [5.74, 6) is 0. The van der Waals surface area contributed by atoms with Gasteiger partial charge >= 0.3 is 0 Å². The maximum absolute atomic E-state index is 12.5. The van der Waals surface area contributed by atoms with E-state index < -0.39 is 12.0 Å². The van der Waals surface area contributed by atoms with Crippen molar-refractivity contribution in [1.82, 2.24) is 4.98 Å². The molecule has 0 saturated carbocycles. The van der Waals surface area contributed by atoms with Crippen molar-refractivity contribution in [1.29, 1.82) is 5.26 Å². The Morgan fingerprint density at radius 2 is 2.14 bits per heavy atom. The summed E-state index contributed by atoms with van der Waals surface area (Å²) in [6.45, 7) is 0. The number of nitriles is 1. The highest BCUT2D eigenvalue weighted by molar-refractivity contribution is 5.67. The van der Waals surface area contributed by atoms with Gasteiger partial charge < -0.3 is 11.5 Å². The van der Waals surface area contributed by atoms with Crippen molar-refractivity contribution in [3.8, 4) is 6.07 Å². The highest BCUT2D eigenvalue weighted by Gasteiger charge is 2.19. The molecule has 0 aromatic carbocycles. The van der Waals surface area contributed by atoms with Crippen LogP contribution in [0.4, 0.5) is 20.2 Å². The third-order valence-electron chi connectivity index (χ3n) is 1.74. The average molecular weight is 198 g/mol. The van der Waals surface area contributed by atoms with Crippen molar-refractivity contribution in [2.75, 3.05) is 11.5 Å². The quantitative estimate of drug-likeness (QED) is 0.748. The molecule has 0 saturated heterocycles. The Morgan fingerprint density at radius 1 is 1.50 bits per heavy atom. The smallest absolute Gasteiger partial charge is 0.267 e. The number of halogens is 2. The lowest BCUT2D eigenvalue weighted by atomic mass is 10.1. The summed E-state index contributed by atoms with van der Waals surface area (Å²) < 4.78 is 25.0. The second-order valence-corrected chi connectivity index (χ2v) is 2.62. The van der Waals surface area contributed by atoms with Crippen LogP contribution in [-0.2, 0) is 6.42 Å². The predicted molar refractivity (Wildman–Crippen MR) is 47.3 cm³/mol. The van der Waals surface area contributed by atoms with Crippen molar-refractivity contribution in [2.24, 2.45) is 0 Å². The van der Waals surface area contributed by atoms with E-state index in [9.17, 15) is 8.78 Å². The van der Waals surface area contributed by atoms with Crippen LogP contribution in [0.3, 0.4) is 0 Å². The van der Waals surface area contributed by atoms with Crippen molar-refractivity contribution < 1.29 is 8.78 Å². The van der Waals surface area contributed by atoms with Gasteiger partial charge in [0.2, 0.25) is 0 Å². The first-order valence-electron chi connectivity index (χ1n) is 3.75. The molecule has 0 unspecified atom stereocenters. The molecular formula is C8H8F2N4. The van der Waals surface area contributed by atoms with Crippen molar-refractivity contribution >= 4 is 11.4 Å². The molecule has 4 N–H and O–H groups in total. The fraction of sp³-hybridized carbons (Fsp3) is 0.250. The molecule has 0 aliphatic heterocycles. The number of hydrogen-bond donors (Lipinski definition) is 2. The first kappa shape index (κ1) is 10.2. The van der Waals surface area contributed by atoms with Crippen LogP contribution < -0.4 is 11.5 Å². The van der Waals surface area contributed by atoms with Crippen LogP contribution in [0.2, 0.25) is 0 Å². The largest absolute Gasteiger partial charge is 0.397 e. The van der Waals surface area contributed by atoms with Gasteiger partial charge in [0.15, 0.2) is 0 Å². The van der Waals surface area contributed by atoms with E-state index >= 15 is 0 Å². The van der Waals surface area contributed by atoms with Crippen LogP contribution in [-0.4, -0.2) is 4.98 Å². The first-order valence-corrected chi connectivity index (χ1v) is 3.75. The van der Waals surface area contributed by atoms with Crippen LogP contribution in [0.25, 0.3) is 0 Å². The van der Waals surface area contributed by atoms with Crippen LogP contribution >= 0.6 is 0 Å². The van der Waals surface area contributed by atoms with E-state index in [-0.39, 0.29) is 23.5 Å². The van der Waals surface area contributed by atoms with Gasteiger partial charge in [-0.3, -0.25) is 4.98 Å². The van der Waals surface area contributed by atoms with E-state index in [0.717, 1.165) is 0 Å². The lowest BCUT2D eigenvalue weighted by molar-refractivity contribution is 0.151. The van der Waals surface area contributed by atoms with Gasteiger partial charge in [-0.2, -0.15) is 5.26 Å². The van der Waals surface area contributed by atoms with Crippen LogP contribution in [0.5, 0.6) is 0 Å². The highest BCUT2D eigenvalue weighted by atomic mass is 19.3. The van der Waals surface area contributed by atoms with E-state index in [2.05, 4.69) is 4.98 Å². The summed E-state index contributed by atoms with van der Waals surface area (Å²) in [4.78, 5) is 3.64. The molecule has 1 aromatic heterocycles. The summed E-state index contributed by atoms with van der Waals surface area (Å²) in [5.41, 5.74) is 10.0. The number of nitrogen functional groups attached to an aromatic ring is 2. The van der Waals surface area contributed by atoms with Gasteiger partial charge in [0.25, 0.3) is 6.43 Å². The number of alkyl halides is 2. The number of rotatable bonds is 2. The topological polar surface area (TPSA) is 88.7 Å². The van der Waals surface area contributed by atoms with Gasteiger partial charge in [-0.1, -0.05) is 0 Å². The Labute approximate surface area is 79.1 Å². The molecule has 74 valence electrons. The molecule has 1 heterocycles. The summed E-state index contributed by atoms with van der Waals surface area (Å²) in [5, 5.41) is 8.38. The number of nitrogens with two attached hydrogens (primary N) is 2. The van der Waals surface area contributed by atoms with Crippen molar-refractivity contribution in [2.45, 2.75) is 12.8 Å². The average Bonchev–Trinajstić information content (AvgIpc) is 2.11. The Bertz CT molecular complexity index is 384. The molecule has 1 aromatic rings. The highest BCUT2D eigenvalue weighted by Crippen LogP contribution is 2.31. The molecule has 14 heavy (non-hydrogen) atoms. The van der Waals surface area contributed by atoms with E-state index in [0.29, 0.717) is 0 Å². The molecule has 0 amide bonds. The molecule has 0 spiro atoms. The van der Waals surface area contributed by atoms with Crippen LogP contribution in [0.1, 0.15) is 17.7 Å². The Kier molecular flexibility index (Phi) is 2.82. The van der Waals surface area contributed by atoms with Crippen molar-refractivity contribution in [3.63, 3.8) is 0 Å². The van der Waals surface area contributed by atoms with Gasteiger partial charge in [0, 0.05) is 0 Å². The number of aromatic nitrogens is 1. The van der Waals surface area contributed by atoms with Crippen molar-refractivity contribution in [3.05, 3.63) is 17.5 Å². The Morgan fingerprint density at radius 3 is 2.64 bits per heavy atom. The number of hydrogen-bond acceptors (Lipinski definition) is 4. The zero-order chi connectivity index (χ0) is 10.7. The molecular weight excluding hydrogens is 190 g/mol. The maximum Gasteiger partial charge on any atom is 0.267 e. The number of nitrogens with zero attached hydrogens (tertiary/aromatic N) is 2. The van der Waals surface area contributed by atoms with Crippen LogP contribution in [0, 0.1) is 11.3 Å². The zero-order valence-electron chi connectivity index (χ0n) is 7.17. The normalized spacial score (nSPS) is 10.1. The molecule has 0 radical (unpaired) electrons. The van der Waals surface area contributed by atoms with Gasteiger partial charge in [0.1, 0.15) is 0 Å². The number of anilines is 2. The molecule has 0 fully saturated rings. The third-order valence-corrected chi connectivity index (χ3v) is 1.74. The summed E-state index contributed by atoms with van der Waals surface area (Å²) in [6.07, 6.45) is -1.80. The minimum absolute atomic E-state index is 0.00184. The van der Waals surface area contributed by atoms with E-state index in [1.54, 1.807) is 6.07 Å². The summed E-state index contributed by atoms with van der Waals surface area (Å²) >= 11 is 0. The maximum atomic E-state index is 12.5. The second kappa shape index (κ2) is 3.87. The standard InChI is InChI=1S/C8H8F2N4/c9-8(10)6-5(1-2-11)14-3-4(12)7(6)13/h3,8H,1,12H2,(H2,13,14). The fourth-order valence-corrected chi connectivity index (χ4v) is 1.06. The molecule has 0 bridgehead atoms. The Hall–Kier alpha value is -1.90. The summed E-state index contributed by atoms with van der Waals surface area (Å²) in [7, 11) is 0. The third kappa shape index (κ3) is 1.71. The zero-order valence-corrected chi connectivity index (χ0v) is 7.17. The molecule has 0 aliphatic carbocycles. The predicted octanol–water partition coefficient (Wildman–Crippen LogP) is 1.25. The van der Waals surface area contributed by atoms with Gasteiger partial charge in [-0.05, 0) is 0 Å². The molecule has 1 rings (SSSR count). The van der Waals surface area contributed by atoms with Crippen LogP contribution in [0.15, 0.2) is 6.20 Å². The lowest BCUT2D eigenvalue weighted by Crippen LogP contribution is -2.06. The van der Waals surface area contributed by atoms with Gasteiger partial charge in [0.05, 0.1) is 41.3 Å². The fourth-order valence-electron chi connectivity index (χ4n) is 1.06. The van der Waals surface area contributed by atoms with E-state index in [1.807, 2.05) is 0 Å². The monoisotopic (exact) mass is 198 g/mol. The lowest BCUT2D eigenvalue weighted by Gasteiger charge is -2.10. The molecule has 0 atom stereocenters. The molecule has 6 heteroatoms. The first-order chi connectivity index (χ1) is 6.57. The SMILES string of the molecule is N#CCc1ncc(N)c(N)c1C(F)F.